The zero-order chi connectivity index (χ0) is 25.8. The van der Waals surface area contributed by atoms with Crippen LogP contribution in [0, 0.1) is 0 Å². The van der Waals surface area contributed by atoms with E-state index in [0.717, 1.165) is 26.5 Å². The normalized spacial score (nSPS) is 17.4. The molecule has 2 amide bonds. The quantitative estimate of drug-likeness (QED) is 0.380. The Hall–Kier alpha value is -3.75. The number of hydrogen-bond donors (Lipinski definition) is 2. The van der Waals surface area contributed by atoms with Gasteiger partial charge in [0.1, 0.15) is 11.1 Å². The van der Waals surface area contributed by atoms with Crippen molar-refractivity contribution < 1.29 is 23.1 Å². The lowest BCUT2D eigenvalue weighted by Crippen LogP contribution is -2.47. The number of nitrogens with zero attached hydrogens (tertiary/aromatic N) is 8. The van der Waals surface area contributed by atoms with Gasteiger partial charge in [-0.05, 0) is 6.07 Å². The number of urea groups is 1. The minimum atomic E-state index is -4.82. The van der Waals surface area contributed by atoms with Crippen molar-refractivity contribution in [3.8, 4) is 5.82 Å². The first-order valence-corrected chi connectivity index (χ1v) is 10.8. The van der Waals surface area contributed by atoms with Gasteiger partial charge < -0.3 is 10.4 Å². The summed E-state index contributed by atoms with van der Waals surface area (Å²) in [5.74, 6) is 0.116. The zero-order valence-electron chi connectivity index (χ0n) is 17.9. The molecule has 5 heterocycles. The van der Waals surface area contributed by atoms with Crippen LogP contribution in [0.5, 0.6) is 0 Å². The topological polar surface area (TPSA) is 126 Å². The monoisotopic (exact) mass is 539 g/mol. The smallest absolute Gasteiger partial charge is 0.390 e. The number of pyridine rings is 1. The van der Waals surface area contributed by atoms with Gasteiger partial charge in [0.05, 0.1) is 53.8 Å². The van der Waals surface area contributed by atoms with Crippen LogP contribution >= 0.6 is 23.2 Å². The van der Waals surface area contributed by atoms with Gasteiger partial charge in [-0.2, -0.15) is 23.4 Å². The molecule has 0 aliphatic carbocycles. The number of carbonyl (C=O) groups is 1. The Morgan fingerprint density at radius 2 is 2.00 bits per heavy atom. The van der Waals surface area contributed by atoms with Crippen molar-refractivity contribution >= 4 is 46.3 Å². The number of halogens is 5. The highest BCUT2D eigenvalue weighted by molar-refractivity contribution is 6.32. The van der Waals surface area contributed by atoms with Crippen LogP contribution in [0.25, 0.3) is 11.5 Å². The molecule has 16 heteroatoms. The van der Waals surface area contributed by atoms with E-state index >= 15 is 0 Å². The minimum absolute atomic E-state index is 0.0417. The maximum Gasteiger partial charge on any atom is 0.405 e. The van der Waals surface area contributed by atoms with Crippen LogP contribution in [0.15, 0.2) is 43.4 Å². The second-order valence-corrected chi connectivity index (χ2v) is 8.53. The first kappa shape index (κ1) is 24.0. The van der Waals surface area contributed by atoms with E-state index in [1.54, 1.807) is 0 Å². The van der Waals surface area contributed by atoms with Gasteiger partial charge in [0.2, 0.25) is 0 Å². The molecule has 4 aromatic heterocycles. The van der Waals surface area contributed by atoms with Crippen molar-refractivity contribution in [3.05, 3.63) is 64.9 Å². The average molecular weight is 540 g/mol. The van der Waals surface area contributed by atoms with Crippen LogP contribution < -0.4 is 10.2 Å². The molecule has 0 aromatic carbocycles. The Balaban J connectivity index is 1.50. The van der Waals surface area contributed by atoms with Gasteiger partial charge >= 0.3 is 12.2 Å². The Bertz CT molecular complexity index is 1520. The number of aromatic nitrogens is 7. The summed E-state index contributed by atoms with van der Waals surface area (Å²) < 4.78 is 44.2. The lowest BCUT2D eigenvalue weighted by atomic mass is 9.85. The third-order valence-electron chi connectivity index (χ3n) is 5.62. The highest BCUT2D eigenvalue weighted by atomic mass is 35.5. The van der Waals surface area contributed by atoms with Gasteiger partial charge in [-0.15, -0.1) is 16.5 Å². The van der Waals surface area contributed by atoms with E-state index in [4.69, 9.17) is 28.3 Å². The average Bonchev–Trinajstić information content (AvgIpc) is 3.53. The SMILES string of the molecule is C=C[C@@]1(C(F)(F)F)CN(C(=O)Nc2cnc(-n3ncc(CO)n3)c(Cl)c2)c2cnc3cc(Cl)nn3c21. The Labute approximate surface area is 209 Å². The molecule has 0 saturated carbocycles. The molecule has 0 spiro atoms. The third kappa shape index (κ3) is 3.65. The summed E-state index contributed by atoms with van der Waals surface area (Å²) in [7, 11) is 0. The predicted molar refractivity (Wildman–Crippen MR) is 122 cm³/mol. The molecule has 1 aliphatic heterocycles. The number of aliphatic hydroxyl groups is 1. The predicted octanol–water partition coefficient (Wildman–Crippen LogP) is 3.54. The fraction of sp³-hybridized carbons (Fsp3) is 0.200. The Kier molecular flexibility index (Phi) is 5.61. The van der Waals surface area contributed by atoms with E-state index in [0.29, 0.717) is 0 Å². The molecule has 0 bridgehead atoms. The van der Waals surface area contributed by atoms with Gasteiger partial charge in [-0.3, -0.25) is 4.90 Å². The molecular formula is C20H14Cl2F3N9O2. The summed E-state index contributed by atoms with van der Waals surface area (Å²) in [6.45, 7) is 2.26. The number of fused-ring (bicyclic) bond motifs is 3. The zero-order valence-corrected chi connectivity index (χ0v) is 19.4. The van der Waals surface area contributed by atoms with E-state index in [9.17, 15) is 18.0 Å². The number of rotatable bonds is 4. The van der Waals surface area contributed by atoms with Gasteiger partial charge in [0.15, 0.2) is 16.6 Å². The van der Waals surface area contributed by atoms with Gasteiger partial charge in [-0.25, -0.2) is 19.3 Å². The largest absolute Gasteiger partial charge is 0.405 e. The van der Waals surface area contributed by atoms with Crippen LogP contribution in [0.1, 0.15) is 11.4 Å². The van der Waals surface area contributed by atoms with Crippen molar-refractivity contribution in [2.75, 3.05) is 16.8 Å². The third-order valence-corrected chi connectivity index (χ3v) is 6.08. The Morgan fingerprint density at radius 1 is 1.22 bits per heavy atom. The molecule has 4 aromatic rings. The summed E-state index contributed by atoms with van der Waals surface area (Å²) in [4.78, 5) is 23.3. The van der Waals surface area contributed by atoms with Gasteiger partial charge in [-0.1, -0.05) is 29.3 Å². The van der Waals surface area contributed by atoms with Crippen LogP contribution in [-0.4, -0.2) is 58.4 Å². The molecule has 0 radical (unpaired) electrons. The molecule has 0 saturated heterocycles. The van der Waals surface area contributed by atoms with Crippen molar-refractivity contribution in [1.29, 1.82) is 0 Å². The van der Waals surface area contributed by atoms with Crippen molar-refractivity contribution in [2.24, 2.45) is 0 Å². The van der Waals surface area contributed by atoms with Crippen LogP contribution in [0.4, 0.5) is 29.3 Å². The van der Waals surface area contributed by atoms with E-state index in [-0.39, 0.29) is 51.0 Å². The molecule has 36 heavy (non-hydrogen) atoms. The summed E-state index contributed by atoms with van der Waals surface area (Å²) in [5.41, 5.74) is -2.62. The van der Waals surface area contributed by atoms with Crippen molar-refractivity contribution in [2.45, 2.75) is 18.2 Å². The van der Waals surface area contributed by atoms with Gasteiger partial charge in [0.25, 0.3) is 0 Å². The fourth-order valence-electron chi connectivity index (χ4n) is 3.91. The molecule has 1 atom stereocenters. The van der Waals surface area contributed by atoms with Crippen LogP contribution in [0.3, 0.4) is 0 Å². The van der Waals surface area contributed by atoms with Crippen molar-refractivity contribution in [3.63, 3.8) is 0 Å². The first-order valence-electron chi connectivity index (χ1n) is 10.1. The van der Waals surface area contributed by atoms with Crippen LogP contribution in [-0.2, 0) is 12.0 Å². The summed E-state index contributed by atoms with van der Waals surface area (Å²) in [5, 5.41) is 23.5. The Morgan fingerprint density at radius 3 is 2.64 bits per heavy atom. The number of carbonyl (C=O) groups excluding carboxylic acids is 1. The highest BCUT2D eigenvalue weighted by Crippen LogP contribution is 2.51. The maximum absolute atomic E-state index is 14.4. The molecule has 2 N–H and O–H groups in total. The lowest BCUT2D eigenvalue weighted by molar-refractivity contribution is -0.172. The summed E-state index contributed by atoms with van der Waals surface area (Å²) in [6.07, 6.45) is -0.378. The van der Waals surface area contributed by atoms with E-state index < -0.39 is 24.2 Å². The summed E-state index contributed by atoms with van der Waals surface area (Å²) in [6, 6.07) is 1.75. The number of amides is 2. The number of anilines is 2. The van der Waals surface area contributed by atoms with E-state index in [2.05, 4.69) is 37.2 Å². The molecule has 0 unspecified atom stereocenters. The number of alkyl halides is 3. The van der Waals surface area contributed by atoms with Gasteiger partial charge in [0, 0.05) is 6.07 Å². The maximum atomic E-state index is 14.4. The first-order chi connectivity index (χ1) is 17.1. The van der Waals surface area contributed by atoms with E-state index in [1.807, 2.05) is 0 Å². The van der Waals surface area contributed by atoms with Crippen LogP contribution in [0.2, 0.25) is 10.2 Å². The number of hydrogen-bond acceptors (Lipinski definition) is 7. The highest BCUT2D eigenvalue weighted by Gasteiger charge is 2.62. The van der Waals surface area contributed by atoms with Crippen molar-refractivity contribution in [1.82, 2.24) is 34.6 Å². The lowest BCUT2D eigenvalue weighted by Gasteiger charge is -2.29. The summed E-state index contributed by atoms with van der Waals surface area (Å²) >= 11 is 12.2. The number of aliphatic hydroxyl groups excluding tert-OH is 1. The second kappa shape index (κ2) is 8.43. The molecule has 5 rings (SSSR count). The number of nitrogens with one attached hydrogen (secondary N) is 1. The molecule has 186 valence electrons. The molecule has 11 nitrogen and oxygen atoms in total. The molecule has 1 aliphatic rings. The molecular weight excluding hydrogens is 526 g/mol. The standard InChI is InChI=1S/C20H14Cl2F3N9O2/c1-2-19(20(23,24)25)9-32(13-7-26-15-4-14(22)31-33(15)16(13)19)18(36)29-10-3-12(21)17(27-5-10)34-28-6-11(8-35)30-34/h2-7,35H,1,8-9H2,(H,29,36)/t19-/m1/s1. The fourth-order valence-corrected chi connectivity index (χ4v) is 4.32. The minimum Gasteiger partial charge on any atom is -0.390 e. The van der Waals surface area contributed by atoms with E-state index in [1.165, 1.54) is 24.5 Å². The molecule has 0 fully saturated rings. The second-order valence-electron chi connectivity index (χ2n) is 7.73.